The van der Waals surface area contributed by atoms with E-state index in [9.17, 15) is 0 Å². The highest BCUT2D eigenvalue weighted by atomic mass is 14.4. The summed E-state index contributed by atoms with van der Waals surface area (Å²) < 4.78 is 0. The van der Waals surface area contributed by atoms with Crippen LogP contribution in [-0.4, -0.2) is 0 Å². The predicted molar refractivity (Wildman–Crippen MR) is 104 cm³/mol. The van der Waals surface area contributed by atoms with Crippen LogP contribution in [0.25, 0.3) is 5.57 Å². The van der Waals surface area contributed by atoms with Crippen molar-refractivity contribution in [2.24, 2.45) is 0 Å². The van der Waals surface area contributed by atoms with E-state index in [1.54, 1.807) is 0 Å². The van der Waals surface area contributed by atoms with Crippen molar-refractivity contribution in [1.29, 1.82) is 0 Å². The number of allylic oxidation sites excluding steroid dienone is 4. The SMILES string of the molecule is C=C1CC(C)(C(=C)C(=C)CC)c2c(C)c(C)c(C)c(C)c2C1=C. The van der Waals surface area contributed by atoms with Crippen molar-refractivity contribution >= 4 is 5.57 Å². The smallest absolute Gasteiger partial charge is 0.0220 e. The van der Waals surface area contributed by atoms with E-state index in [0.29, 0.717) is 0 Å². The fraction of sp³-hybridized carbons (Fsp3) is 0.391. The molecule has 1 unspecified atom stereocenters. The lowest BCUT2D eigenvalue weighted by atomic mass is 9.60. The van der Waals surface area contributed by atoms with Crippen molar-refractivity contribution < 1.29 is 0 Å². The van der Waals surface area contributed by atoms with Crippen LogP contribution >= 0.6 is 0 Å². The molecule has 0 nitrogen and oxygen atoms in total. The molecule has 1 aromatic carbocycles. The zero-order valence-electron chi connectivity index (χ0n) is 15.7. The van der Waals surface area contributed by atoms with Crippen molar-refractivity contribution in [3.8, 4) is 0 Å². The number of hydrogen-bond acceptors (Lipinski definition) is 0. The highest BCUT2D eigenvalue weighted by molar-refractivity contribution is 5.86. The Hall–Kier alpha value is -1.82. The normalized spacial score (nSPS) is 20.4. The van der Waals surface area contributed by atoms with Crippen molar-refractivity contribution in [3.63, 3.8) is 0 Å². The zero-order valence-corrected chi connectivity index (χ0v) is 15.7. The summed E-state index contributed by atoms with van der Waals surface area (Å²) in [5.74, 6) is 0. The monoisotopic (exact) mass is 306 g/mol. The molecule has 0 saturated carbocycles. The number of hydrogen-bond donors (Lipinski definition) is 0. The molecule has 0 bridgehead atoms. The van der Waals surface area contributed by atoms with Gasteiger partial charge in [0, 0.05) is 5.41 Å². The minimum Gasteiger partial charge on any atom is -0.0956 e. The molecule has 0 aliphatic heterocycles. The maximum absolute atomic E-state index is 4.43. The summed E-state index contributed by atoms with van der Waals surface area (Å²) in [6, 6.07) is 0. The van der Waals surface area contributed by atoms with Crippen molar-refractivity contribution in [1.82, 2.24) is 0 Å². The summed E-state index contributed by atoms with van der Waals surface area (Å²) in [6.07, 6.45) is 1.81. The van der Waals surface area contributed by atoms with Gasteiger partial charge in [0.15, 0.2) is 0 Å². The quantitative estimate of drug-likeness (QED) is 0.547. The Kier molecular flexibility index (Phi) is 4.32. The largest absolute Gasteiger partial charge is 0.0956 e. The Morgan fingerprint density at radius 3 is 2.00 bits per heavy atom. The van der Waals surface area contributed by atoms with Crippen LogP contribution in [0, 0.1) is 27.7 Å². The molecule has 0 spiro atoms. The molecular formula is C23H30. The van der Waals surface area contributed by atoms with Crippen LogP contribution in [0.15, 0.2) is 43.0 Å². The topological polar surface area (TPSA) is 0 Å². The molecule has 122 valence electrons. The summed E-state index contributed by atoms with van der Waals surface area (Å²) in [7, 11) is 0. The van der Waals surface area contributed by atoms with Gasteiger partial charge in [0.1, 0.15) is 0 Å². The zero-order chi connectivity index (χ0) is 17.7. The van der Waals surface area contributed by atoms with Crippen LogP contribution in [0.5, 0.6) is 0 Å². The third kappa shape index (κ3) is 2.36. The lowest BCUT2D eigenvalue weighted by molar-refractivity contribution is 0.547. The van der Waals surface area contributed by atoms with Crippen LogP contribution in [0.3, 0.4) is 0 Å². The molecule has 0 saturated heterocycles. The third-order valence-electron chi connectivity index (χ3n) is 6.05. The fourth-order valence-corrected chi connectivity index (χ4v) is 4.04. The molecule has 2 rings (SSSR count). The van der Waals surface area contributed by atoms with Gasteiger partial charge in [-0.3, -0.25) is 0 Å². The van der Waals surface area contributed by atoms with E-state index in [1.807, 2.05) is 0 Å². The highest BCUT2D eigenvalue weighted by Gasteiger charge is 2.40. The molecule has 23 heavy (non-hydrogen) atoms. The van der Waals surface area contributed by atoms with Crippen molar-refractivity contribution in [2.45, 2.75) is 59.8 Å². The summed E-state index contributed by atoms with van der Waals surface area (Å²) in [6.45, 7) is 30.7. The molecule has 1 aromatic rings. The Bertz CT molecular complexity index is 755. The number of fused-ring (bicyclic) bond motifs is 1. The van der Waals surface area contributed by atoms with Gasteiger partial charge in [0.05, 0.1) is 0 Å². The van der Waals surface area contributed by atoms with Gasteiger partial charge < -0.3 is 0 Å². The van der Waals surface area contributed by atoms with Crippen LogP contribution in [-0.2, 0) is 5.41 Å². The molecular weight excluding hydrogens is 276 g/mol. The van der Waals surface area contributed by atoms with Crippen molar-refractivity contribution in [2.75, 3.05) is 0 Å². The Balaban J connectivity index is 2.91. The van der Waals surface area contributed by atoms with Gasteiger partial charge in [-0.25, -0.2) is 0 Å². The fourth-order valence-electron chi connectivity index (χ4n) is 4.04. The maximum Gasteiger partial charge on any atom is 0.0220 e. The summed E-state index contributed by atoms with van der Waals surface area (Å²) in [5.41, 5.74) is 12.4. The lowest BCUT2D eigenvalue weighted by Crippen LogP contribution is -2.33. The lowest BCUT2D eigenvalue weighted by Gasteiger charge is -2.43. The van der Waals surface area contributed by atoms with E-state index in [-0.39, 0.29) is 5.41 Å². The summed E-state index contributed by atoms with van der Waals surface area (Å²) in [4.78, 5) is 0. The van der Waals surface area contributed by atoms with E-state index in [1.165, 1.54) is 33.4 Å². The average molecular weight is 306 g/mol. The molecule has 0 aromatic heterocycles. The first-order chi connectivity index (χ1) is 10.6. The molecule has 1 aliphatic rings. The Morgan fingerprint density at radius 2 is 1.48 bits per heavy atom. The maximum atomic E-state index is 4.43. The molecule has 0 heteroatoms. The van der Waals surface area contributed by atoms with Gasteiger partial charge in [-0.05, 0) is 90.6 Å². The van der Waals surface area contributed by atoms with Gasteiger partial charge in [-0.1, -0.05) is 45.7 Å². The van der Waals surface area contributed by atoms with Gasteiger partial charge in [0.25, 0.3) is 0 Å². The van der Waals surface area contributed by atoms with Gasteiger partial charge in [0.2, 0.25) is 0 Å². The molecule has 0 amide bonds. The van der Waals surface area contributed by atoms with Crippen LogP contribution < -0.4 is 0 Å². The van der Waals surface area contributed by atoms with Crippen LogP contribution in [0.2, 0.25) is 0 Å². The molecule has 1 atom stereocenters. The van der Waals surface area contributed by atoms with E-state index in [0.717, 1.165) is 35.1 Å². The first-order valence-corrected chi connectivity index (χ1v) is 8.43. The van der Waals surface area contributed by atoms with Crippen LogP contribution in [0.1, 0.15) is 60.1 Å². The number of benzene rings is 1. The second-order valence-corrected chi connectivity index (χ2v) is 7.28. The van der Waals surface area contributed by atoms with E-state index < -0.39 is 0 Å². The summed E-state index contributed by atoms with van der Waals surface area (Å²) >= 11 is 0. The van der Waals surface area contributed by atoms with Crippen LogP contribution in [0.4, 0.5) is 0 Å². The predicted octanol–water partition coefficient (Wildman–Crippen LogP) is 6.67. The molecule has 0 radical (unpaired) electrons. The van der Waals surface area contributed by atoms with Gasteiger partial charge in [-0.2, -0.15) is 0 Å². The third-order valence-corrected chi connectivity index (χ3v) is 6.05. The van der Waals surface area contributed by atoms with Gasteiger partial charge in [-0.15, -0.1) is 0 Å². The molecule has 0 N–H and O–H groups in total. The second-order valence-electron chi connectivity index (χ2n) is 7.28. The first kappa shape index (κ1) is 17.5. The molecule has 0 fully saturated rings. The second kappa shape index (κ2) is 5.67. The summed E-state index contributed by atoms with van der Waals surface area (Å²) in [5, 5.41) is 0. The Labute approximate surface area is 142 Å². The Morgan fingerprint density at radius 1 is 0.957 bits per heavy atom. The van der Waals surface area contributed by atoms with Gasteiger partial charge >= 0.3 is 0 Å². The first-order valence-electron chi connectivity index (χ1n) is 8.43. The average Bonchev–Trinajstić information content (AvgIpc) is 2.52. The minimum atomic E-state index is -0.145. The number of rotatable bonds is 3. The standard InChI is InChI=1S/C23H30/c1-11-13(2)20(9)23(10)12-14(3)15(4)21-18(7)16(5)17(6)19(8)22(21)23/h2-4,9,11-12H2,1,5-8,10H3. The van der Waals surface area contributed by atoms with E-state index in [2.05, 4.69) is 67.9 Å². The van der Waals surface area contributed by atoms with E-state index >= 15 is 0 Å². The molecule has 1 aliphatic carbocycles. The minimum absolute atomic E-state index is 0.145. The van der Waals surface area contributed by atoms with E-state index in [4.69, 9.17) is 0 Å². The highest BCUT2D eigenvalue weighted by Crippen LogP contribution is 2.52. The molecule has 0 heterocycles. The van der Waals surface area contributed by atoms with Crippen molar-refractivity contribution in [3.05, 3.63) is 76.4 Å².